The summed E-state index contributed by atoms with van der Waals surface area (Å²) in [6.45, 7) is 0. The zero-order valence-electron chi connectivity index (χ0n) is 4.42. The van der Waals surface area contributed by atoms with Crippen LogP contribution >= 0.6 is 0 Å². The van der Waals surface area contributed by atoms with Gasteiger partial charge >= 0.3 is 0 Å². The normalized spacial score (nSPS) is 0. The molecule has 0 aliphatic carbocycles. The molecule has 0 saturated carbocycles. The first kappa shape index (κ1) is 644. The maximum Gasteiger partial charge on any atom is 0 e. The predicted molar refractivity (Wildman–Crippen MR) is 10.5 cm³/mol. The van der Waals surface area contributed by atoms with Gasteiger partial charge < -0.3 is 43.8 Å². The molecule has 0 aromatic rings. The van der Waals surface area contributed by atoms with Gasteiger partial charge in [0.05, 0.1) is 0 Å². The van der Waals surface area contributed by atoms with Gasteiger partial charge in [0.1, 0.15) is 0 Å². The van der Waals surface area contributed by atoms with Gasteiger partial charge in [-0.15, -0.1) is 0 Å². The molecule has 0 unspecified atom stereocenters. The Morgan fingerprint density at radius 1 is 0.273 bits per heavy atom. The van der Waals surface area contributed by atoms with E-state index in [1.807, 2.05) is 0 Å². The maximum atomic E-state index is 0. The number of hydrogen-bond acceptors (Lipinski definition) is 4. The minimum atomic E-state index is 0. The van der Waals surface area contributed by atoms with Crippen molar-refractivity contribution < 1.29 is 104 Å². The monoisotopic (exact) mass is 711 g/mol. The van der Waals surface area contributed by atoms with E-state index in [2.05, 4.69) is 0 Å². The first-order valence-electron chi connectivity index (χ1n) is 0. The van der Waals surface area contributed by atoms with Crippen LogP contribution in [0.2, 0.25) is 0 Å². The standard InChI is InChI=1S/3Ir.4H2O.4O/h;;;4*1H2;;;;/q;;;;;;;4*-2/p-4. The first-order valence-corrected chi connectivity index (χ1v) is 0. The van der Waals surface area contributed by atoms with Crippen molar-refractivity contribution in [3.05, 3.63) is 0 Å². The molecule has 0 heterocycles. The van der Waals surface area contributed by atoms with Crippen molar-refractivity contribution >= 4 is 0 Å². The van der Waals surface area contributed by atoms with E-state index < -0.39 is 0 Å². The van der Waals surface area contributed by atoms with E-state index in [-0.39, 0.29) is 104 Å². The third-order valence-electron chi connectivity index (χ3n) is 0. The van der Waals surface area contributed by atoms with Crippen LogP contribution < -0.4 is 0 Å². The largest absolute Gasteiger partial charge is 2.00 e. The van der Waals surface area contributed by atoms with Crippen molar-refractivity contribution in [2.75, 3.05) is 0 Å². The third kappa shape index (κ3) is 407. The Bertz CT molecular complexity index is 9.30. The molecule has 0 aromatic carbocycles. The summed E-state index contributed by atoms with van der Waals surface area (Å²) in [5.41, 5.74) is 0. The molecule has 3 radical (unpaired) electrons. The first-order chi connectivity index (χ1) is 0. The van der Waals surface area contributed by atoms with Crippen molar-refractivity contribution in [2.45, 2.75) is 0 Å². The second-order valence-corrected chi connectivity index (χ2v) is 0. The van der Waals surface area contributed by atoms with Gasteiger partial charge in [0.25, 0.3) is 0 Å². The van der Waals surface area contributed by atoms with E-state index in [0.717, 1.165) is 0 Å². The van der Waals surface area contributed by atoms with Gasteiger partial charge in [-0.3, -0.25) is 0 Å². The molecule has 8 nitrogen and oxygen atoms in total. The van der Waals surface area contributed by atoms with Crippen LogP contribution in [0.15, 0.2) is 0 Å². The van der Waals surface area contributed by atoms with Gasteiger partial charge in [0.2, 0.25) is 0 Å². The fraction of sp³-hybridized carbons (Fsp3) is 0. The van der Waals surface area contributed by atoms with Crippen LogP contribution in [0.5, 0.6) is 0 Å². The number of rotatable bonds is 0. The number of hydrogen-bond donors (Lipinski definition) is 0. The predicted octanol–water partition coefficient (Wildman–Crippen LogP) is -1.19. The fourth-order valence-electron chi connectivity index (χ4n) is 0. The molecule has 91 valence electrons. The molecule has 11 heavy (non-hydrogen) atoms. The van der Waals surface area contributed by atoms with Crippen LogP contribution in [-0.4, -0.2) is 21.9 Å². The summed E-state index contributed by atoms with van der Waals surface area (Å²) in [6.07, 6.45) is 0. The Morgan fingerprint density at radius 2 is 0.273 bits per heavy atom. The molecule has 4 N–H and O–H groups in total. The van der Waals surface area contributed by atoms with Crippen LogP contribution in [0, 0.1) is 0 Å². The van der Waals surface area contributed by atoms with Gasteiger partial charge in [0.15, 0.2) is 0 Å². The van der Waals surface area contributed by atoms with Gasteiger partial charge in [-0.25, -0.2) is 0 Å². The molecule has 0 rings (SSSR count). The summed E-state index contributed by atoms with van der Waals surface area (Å²) < 4.78 is 0. The van der Waals surface area contributed by atoms with Crippen LogP contribution in [0.3, 0.4) is 0 Å². The molecule has 0 aromatic heterocycles. The minimum Gasteiger partial charge on any atom is -2.00 e. The molecular weight excluding hydrogens is 705 g/mol. The van der Waals surface area contributed by atoms with Crippen molar-refractivity contribution in [3.8, 4) is 0 Å². The van der Waals surface area contributed by atoms with Crippen LogP contribution in [0.1, 0.15) is 0 Å². The summed E-state index contributed by atoms with van der Waals surface area (Å²) >= 11 is 0. The van der Waals surface area contributed by atoms with E-state index in [4.69, 9.17) is 0 Å². The minimum absolute atomic E-state index is 0. The summed E-state index contributed by atoms with van der Waals surface area (Å²) in [5, 5.41) is 0. The van der Waals surface area contributed by atoms with Gasteiger partial charge in [-0.05, 0) is 0 Å². The van der Waals surface area contributed by atoms with Crippen molar-refractivity contribution in [1.82, 2.24) is 0 Å². The second kappa shape index (κ2) is 496. The van der Waals surface area contributed by atoms with Gasteiger partial charge in [-0.2, -0.15) is 0 Å². The smallest absolute Gasteiger partial charge is 0 e. The van der Waals surface area contributed by atoms with E-state index in [9.17, 15) is 0 Å². The Labute approximate surface area is 104 Å². The molecule has 0 spiro atoms. The SMILES string of the molecule is [Ir].[Ir].[Ir].[O-2].[O-2].[O-2].[O-2].[OH-].[OH-].[OH-].[OH-]. The molecule has 0 fully saturated rings. The Morgan fingerprint density at radius 3 is 0.273 bits per heavy atom. The molecule has 0 aliphatic heterocycles. The molecule has 0 amide bonds. The van der Waals surface area contributed by atoms with Crippen LogP contribution in [-0.2, 0) is 82.2 Å². The average Bonchev–Trinajstić information content (AvgIpc) is 0. The van der Waals surface area contributed by atoms with Gasteiger partial charge in [-0.1, -0.05) is 0 Å². The summed E-state index contributed by atoms with van der Waals surface area (Å²) in [7, 11) is 0. The third-order valence-corrected chi connectivity index (χ3v) is 0. The topological polar surface area (TPSA) is 234 Å². The van der Waals surface area contributed by atoms with Crippen molar-refractivity contribution in [2.24, 2.45) is 0 Å². The molecule has 0 aliphatic rings. The molecule has 11 heteroatoms. The second-order valence-electron chi connectivity index (χ2n) is 0. The zero-order valence-corrected chi connectivity index (χ0v) is 11.6. The van der Waals surface area contributed by atoms with E-state index in [1.54, 1.807) is 0 Å². The Hall–Kier alpha value is 1.63. The summed E-state index contributed by atoms with van der Waals surface area (Å²) in [6, 6.07) is 0. The maximum absolute atomic E-state index is 0. The summed E-state index contributed by atoms with van der Waals surface area (Å²) in [5.74, 6) is 0. The molecule has 0 bridgehead atoms. The van der Waals surface area contributed by atoms with E-state index >= 15 is 0 Å². The van der Waals surface area contributed by atoms with Crippen LogP contribution in [0.25, 0.3) is 0 Å². The molecular formula is H4Ir3O8-12. The zero-order chi connectivity index (χ0) is 0. The molecule has 0 atom stereocenters. The van der Waals surface area contributed by atoms with Gasteiger partial charge in [0, 0.05) is 60.3 Å². The average molecular weight is 709 g/mol. The van der Waals surface area contributed by atoms with E-state index in [0.29, 0.717) is 0 Å². The summed E-state index contributed by atoms with van der Waals surface area (Å²) in [4.78, 5) is 0. The quantitative estimate of drug-likeness (QED) is 0.302. The van der Waals surface area contributed by atoms with Crippen LogP contribution in [0.4, 0.5) is 0 Å². The van der Waals surface area contributed by atoms with E-state index in [1.165, 1.54) is 0 Å². The fourth-order valence-corrected chi connectivity index (χ4v) is 0. The Balaban J connectivity index is 0. The van der Waals surface area contributed by atoms with Crippen molar-refractivity contribution in [1.29, 1.82) is 0 Å². The van der Waals surface area contributed by atoms with Crippen molar-refractivity contribution in [3.63, 3.8) is 0 Å². The molecule has 0 saturated heterocycles. The Kier molecular flexibility index (Phi) is 29000.